The van der Waals surface area contributed by atoms with Crippen molar-refractivity contribution in [1.29, 1.82) is 0 Å². The van der Waals surface area contributed by atoms with Gasteiger partial charge >= 0.3 is 6.18 Å². The van der Waals surface area contributed by atoms with Crippen molar-refractivity contribution in [2.75, 3.05) is 0 Å². The number of benzene rings is 1. The van der Waals surface area contributed by atoms with Gasteiger partial charge in [-0.15, -0.1) is 0 Å². The van der Waals surface area contributed by atoms with Gasteiger partial charge in [0.15, 0.2) is 0 Å². The van der Waals surface area contributed by atoms with Crippen LogP contribution in [-0.4, -0.2) is 11.3 Å². The Balaban J connectivity index is 2.53. The van der Waals surface area contributed by atoms with Gasteiger partial charge in [-0.2, -0.15) is 17.6 Å². The summed E-state index contributed by atoms with van der Waals surface area (Å²) in [6.45, 7) is 0. The van der Waals surface area contributed by atoms with Gasteiger partial charge in [0.2, 0.25) is 5.95 Å². The second-order valence-electron chi connectivity index (χ2n) is 3.80. The molecule has 19 heavy (non-hydrogen) atoms. The minimum Gasteiger partial charge on any atom is -0.298 e. The van der Waals surface area contributed by atoms with E-state index < -0.39 is 17.7 Å². The minimum absolute atomic E-state index is 0.0138. The largest absolute Gasteiger partial charge is 0.416 e. The van der Waals surface area contributed by atoms with Gasteiger partial charge in [0.25, 0.3) is 0 Å². The van der Waals surface area contributed by atoms with Crippen molar-refractivity contribution in [3.8, 4) is 11.3 Å². The van der Waals surface area contributed by atoms with Crippen LogP contribution in [0, 0.1) is 5.95 Å². The Morgan fingerprint density at radius 3 is 2.47 bits per heavy atom. The summed E-state index contributed by atoms with van der Waals surface area (Å²) >= 11 is 0. The van der Waals surface area contributed by atoms with Crippen molar-refractivity contribution in [3.63, 3.8) is 0 Å². The van der Waals surface area contributed by atoms with Crippen LogP contribution in [-0.2, 0) is 6.18 Å². The number of pyridine rings is 1. The molecule has 0 N–H and O–H groups in total. The van der Waals surface area contributed by atoms with Gasteiger partial charge in [0.1, 0.15) is 6.29 Å². The molecule has 0 aliphatic carbocycles. The number of carbonyl (C=O) groups is 1. The van der Waals surface area contributed by atoms with Crippen LogP contribution in [0.5, 0.6) is 0 Å². The molecule has 1 heterocycles. The number of halogens is 4. The number of carbonyl (C=O) groups excluding carboxylic acids is 1. The van der Waals surface area contributed by atoms with Crippen LogP contribution < -0.4 is 0 Å². The maximum Gasteiger partial charge on any atom is 0.416 e. The van der Waals surface area contributed by atoms with Crippen LogP contribution in [0.4, 0.5) is 17.6 Å². The molecule has 1 aromatic heterocycles. The molecule has 0 aliphatic heterocycles. The first-order valence-electron chi connectivity index (χ1n) is 5.20. The van der Waals surface area contributed by atoms with Crippen LogP contribution in [0.3, 0.4) is 0 Å². The summed E-state index contributed by atoms with van der Waals surface area (Å²) in [7, 11) is 0. The molecule has 6 heteroatoms. The number of nitrogens with zero attached hydrogens (tertiary/aromatic N) is 1. The summed E-state index contributed by atoms with van der Waals surface area (Å²) in [5.41, 5.74) is -0.769. The predicted octanol–water partition coefficient (Wildman–Crippen LogP) is 3.72. The molecule has 1 aromatic carbocycles. The molecule has 98 valence electrons. The Morgan fingerprint density at radius 1 is 1.11 bits per heavy atom. The standard InChI is InChI=1S/C13H7F4NO/c14-12-5-8(7-19)4-11(18-12)9-2-1-3-10(6-9)13(15,16)17/h1-7H. The SMILES string of the molecule is O=Cc1cc(F)nc(-c2cccc(C(F)(F)F)c2)c1. The third-order valence-corrected chi connectivity index (χ3v) is 2.44. The average Bonchev–Trinajstić information content (AvgIpc) is 2.37. The molecular formula is C13H7F4NO. The molecule has 2 aromatic rings. The molecule has 0 spiro atoms. The third-order valence-electron chi connectivity index (χ3n) is 2.44. The van der Waals surface area contributed by atoms with E-state index in [2.05, 4.69) is 4.98 Å². The quantitative estimate of drug-likeness (QED) is 0.472. The van der Waals surface area contributed by atoms with Gasteiger partial charge in [-0.25, -0.2) is 4.98 Å². The Labute approximate surface area is 105 Å². The lowest BCUT2D eigenvalue weighted by molar-refractivity contribution is -0.137. The van der Waals surface area contributed by atoms with Gasteiger partial charge in [-0.05, 0) is 18.2 Å². The second kappa shape index (κ2) is 4.79. The molecule has 0 radical (unpaired) electrons. The maximum atomic E-state index is 13.1. The number of rotatable bonds is 2. The molecule has 0 aliphatic rings. The number of alkyl halides is 3. The van der Waals surface area contributed by atoms with E-state index in [9.17, 15) is 22.4 Å². The highest BCUT2D eigenvalue weighted by Gasteiger charge is 2.30. The Morgan fingerprint density at radius 2 is 1.84 bits per heavy atom. The molecule has 0 atom stereocenters. The lowest BCUT2D eigenvalue weighted by Gasteiger charge is -2.08. The topological polar surface area (TPSA) is 30.0 Å². The van der Waals surface area contributed by atoms with E-state index in [0.717, 1.165) is 18.2 Å². The highest BCUT2D eigenvalue weighted by molar-refractivity contribution is 5.77. The van der Waals surface area contributed by atoms with E-state index in [4.69, 9.17) is 0 Å². The normalized spacial score (nSPS) is 11.4. The third kappa shape index (κ3) is 2.96. The summed E-state index contributed by atoms with van der Waals surface area (Å²) in [6, 6.07) is 6.46. The van der Waals surface area contributed by atoms with Gasteiger partial charge in [0, 0.05) is 17.2 Å². The first-order valence-corrected chi connectivity index (χ1v) is 5.20. The molecule has 0 unspecified atom stereocenters. The fourth-order valence-electron chi connectivity index (χ4n) is 1.59. The molecule has 0 saturated carbocycles. The first-order chi connectivity index (χ1) is 8.90. The summed E-state index contributed by atoms with van der Waals surface area (Å²) in [4.78, 5) is 14.1. The molecule has 2 nitrogen and oxygen atoms in total. The second-order valence-corrected chi connectivity index (χ2v) is 3.80. The molecule has 0 bridgehead atoms. The molecular weight excluding hydrogens is 262 g/mol. The smallest absolute Gasteiger partial charge is 0.298 e. The van der Waals surface area contributed by atoms with Gasteiger partial charge in [-0.1, -0.05) is 12.1 Å². The fourth-order valence-corrected chi connectivity index (χ4v) is 1.59. The number of hydrogen-bond donors (Lipinski definition) is 0. The van der Waals surface area contributed by atoms with Crippen molar-refractivity contribution >= 4 is 6.29 Å². The van der Waals surface area contributed by atoms with E-state index >= 15 is 0 Å². The maximum absolute atomic E-state index is 13.1. The highest BCUT2D eigenvalue weighted by Crippen LogP contribution is 2.31. The van der Waals surface area contributed by atoms with Gasteiger partial charge in [0.05, 0.1) is 11.3 Å². The van der Waals surface area contributed by atoms with E-state index in [1.807, 2.05) is 0 Å². The predicted molar refractivity (Wildman–Crippen MR) is 60.0 cm³/mol. The Bertz CT molecular complexity index is 622. The van der Waals surface area contributed by atoms with Crippen LogP contribution in [0.15, 0.2) is 36.4 Å². The van der Waals surface area contributed by atoms with Crippen molar-refractivity contribution in [1.82, 2.24) is 4.98 Å². The summed E-state index contributed by atoms with van der Waals surface area (Å²) in [6.07, 6.45) is -4.08. The minimum atomic E-state index is -4.49. The van der Waals surface area contributed by atoms with Crippen molar-refractivity contribution in [3.05, 3.63) is 53.5 Å². The van der Waals surface area contributed by atoms with Crippen molar-refractivity contribution < 1.29 is 22.4 Å². The lowest BCUT2D eigenvalue weighted by Crippen LogP contribution is -2.04. The zero-order valence-electron chi connectivity index (χ0n) is 9.41. The van der Waals surface area contributed by atoms with Crippen molar-refractivity contribution in [2.45, 2.75) is 6.18 Å². The number of aromatic nitrogens is 1. The van der Waals surface area contributed by atoms with Crippen LogP contribution in [0.1, 0.15) is 15.9 Å². The van der Waals surface area contributed by atoms with E-state index in [-0.39, 0.29) is 16.8 Å². The Kier molecular flexibility index (Phi) is 3.33. The van der Waals surface area contributed by atoms with Crippen LogP contribution >= 0.6 is 0 Å². The van der Waals surface area contributed by atoms with E-state index in [1.54, 1.807) is 0 Å². The van der Waals surface area contributed by atoms with E-state index in [0.29, 0.717) is 6.29 Å². The van der Waals surface area contributed by atoms with Crippen molar-refractivity contribution in [2.24, 2.45) is 0 Å². The first kappa shape index (κ1) is 13.2. The molecule has 2 rings (SSSR count). The summed E-state index contributed by atoms with van der Waals surface area (Å²) in [5, 5.41) is 0. The average molecular weight is 269 g/mol. The molecule has 0 amide bonds. The van der Waals surface area contributed by atoms with Crippen LogP contribution in [0.2, 0.25) is 0 Å². The number of aldehydes is 1. The molecule has 0 fully saturated rings. The van der Waals surface area contributed by atoms with Gasteiger partial charge < -0.3 is 0 Å². The Hall–Kier alpha value is -2.24. The van der Waals surface area contributed by atoms with E-state index in [1.165, 1.54) is 18.2 Å². The fraction of sp³-hybridized carbons (Fsp3) is 0.0769. The lowest BCUT2D eigenvalue weighted by atomic mass is 10.1. The zero-order chi connectivity index (χ0) is 14.0. The highest BCUT2D eigenvalue weighted by atomic mass is 19.4. The number of hydrogen-bond acceptors (Lipinski definition) is 2. The summed E-state index contributed by atoms with van der Waals surface area (Å²) in [5.74, 6) is -0.919. The monoisotopic (exact) mass is 269 g/mol. The van der Waals surface area contributed by atoms with Gasteiger partial charge in [-0.3, -0.25) is 4.79 Å². The van der Waals surface area contributed by atoms with Crippen LogP contribution in [0.25, 0.3) is 11.3 Å². The summed E-state index contributed by atoms with van der Waals surface area (Å²) < 4.78 is 50.8. The molecule has 0 saturated heterocycles. The zero-order valence-corrected chi connectivity index (χ0v) is 9.41.